The summed E-state index contributed by atoms with van der Waals surface area (Å²) in [6.45, 7) is 5.32. The van der Waals surface area contributed by atoms with Crippen LogP contribution in [0.15, 0.2) is 18.7 Å². The van der Waals surface area contributed by atoms with Crippen LogP contribution >= 0.6 is 0 Å². The van der Waals surface area contributed by atoms with Crippen molar-refractivity contribution < 1.29 is 0 Å². The Balaban J connectivity index is 2.10. The van der Waals surface area contributed by atoms with E-state index in [4.69, 9.17) is 0 Å². The molecule has 0 atom stereocenters. The molecule has 2 aromatic rings. The van der Waals surface area contributed by atoms with Crippen molar-refractivity contribution in [2.45, 2.75) is 20.3 Å². The zero-order chi connectivity index (χ0) is 10.7. The standard InChI is InChI=1S/C10H15N5/c1-8(2)3-4-11-9-10-14-13-7-15(10)6-5-12-9/h5-8H,3-4H2,1-2H3,(H,11,12). The second-order valence-corrected chi connectivity index (χ2v) is 3.95. The number of aromatic nitrogens is 4. The van der Waals surface area contributed by atoms with E-state index in [0.717, 1.165) is 24.4 Å². The third kappa shape index (κ3) is 2.23. The van der Waals surface area contributed by atoms with E-state index in [-0.39, 0.29) is 0 Å². The summed E-state index contributed by atoms with van der Waals surface area (Å²) in [4.78, 5) is 4.24. The van der Waals surface area contributed by atoms with Crippen molar-refractivity contribution in [3.05, 3.63) is 18.7 Å². The summed E-state index contributed by atoms with van der Waals surface area (Å²) < 4.78 is 1.85. The number of rotatable bonds is 4. The fourth-order valence-electron chi connectivity index (χ4n) is 1.36. The normalized spacial score (nSPS) is 11.1. The SMILES string of the molecule is CC(C)CCNc1nccn2cnnc12. The molecule has 0 saturated carbocycles. The number of hydrogen-bond donors (Lipinski definition) is 1. The molecular formula is C10H15N5. The van der Waals surface area contributed by atoms with Crippen LogP contribution in [0.4, 0.5) is 5.82 Å². The molecule has 0 aromatic carbocycles. The minimum atomic E-state index is 0.690. The maximum absolute atomic E-state index is 4.24. The van der Waals surface area contributed by atoms with Crippen LogP contribution in [0.1, 0.15) is 20.3 Å². The van der Waals surface area contributed by atoms with Crippen molar-refractivity contribution in [2.75, 3.05) is 11.9 Å². The quantitative estimate of drug-likeness (QED) is 0.823. The fraction of sp³-hybridized carbons (Fsp3) is 0.500. The van der Waals surface area contributed by atoms with Gasteiger partial charge < -0.3 is 5.32 Å². The average Bonchev–Trinajstić information content (AvgIpc) is 2.65. The van der Waals surface area contributed by atoms with Gasteiger partial charge in [0.25, 0.3) is 0 Å². The van der Waals surface area contributed by atoms with Crippen LogP contribution in [0, 0.1) is 5.92 Å². The topological polar surface area (TPSA) is 55.1 Å². The molecule has 80 valence electrons. The van der Waals surface area contributed by atoms with Crippen molar-refractivity contribution in [3.63, 3.8) is 0 Å². The smallest absolute Gasteiger partial charge is 0.203 e. The average molecular weight is 205 g/mol. The Labute approximate surface area is 88.6 Å². The van der Waals surface area contributed by atoms with E-state index in [1.54, 1.807) is 12.5 Å². The molecular weight excluding hydrogens is 190 g/mol. The predicted octanol–water partition coefficient (Wildman–Crippen LogP) is 1.58. The van der Waals surface area contributed by atoms with Gasteiger partial charge in [0.15, 0.2) is 5.82 Å². The minimum absolute atomic E-state index is 0.690. The summed E-state index contributed by atoms with van der Waals surface area (Å²) in [5.74, 6) is 1.49. The van der Waals surface area contributed by atoms with E-state index in [9.17, 15) is 0 Å². The molecule has 5 nitrogen and oxygen atoms in total. The van der Waals surface area contributed by atoms with E-state index >= 15 is 0 Å². The molecule has 0 saturated heterocycles. The van der Waals surface area contributed by atoms with Crippen LogP contribution in [0.5, 0.6) is 0 Å². The highest BCUT2D eigenvalue weighted by Gasteiger charge is 2.03. The highest BCUT2D eigenvalue weighted by atomic mass is 15.2. The van der Waals surface area contributed by atoms with Gasteiger partial charge >= 0.3 is 0 Å². The second-order valence-electron chi connectivity index (χ2n) is 3.95. The van der Waals surface area contributed by atoms with Gasteiger partial charge in [-0.2, -0.15) is 0 Å². The van der Waals surface area contributed by atoms with Gasteiger partial charge in [0.1, 0.15) is 6.33 Å². The Morgan fingerprint density at radius 3 is 3.13 bits per heavy atom. The van der Waals surface area contributed by atoms with Gasteiger partial charge in [-0.15, -0.1) is 10.2 Å². The first-order valence-electron chi connectivity index (χ1n) is 5.15. The molecule has 0 spiro atoms. The molecule has 0 aliphatic heterocycles. The molecule has 1 N–H and O–H groups in total. The lowest BCUT2D eigenvalue weighted by Crippen LogP contribution is -2.07. The summed E-state index contributed by atoms with van der Waals surface area (Å²) >= 11 is 0. The van der Waals surface area contributed by atoms with Gasteiger partial charge in [0.2, 0.25) is 5.65 Å². The summed E-state index contributed by atoms with van der Waals surface area (Å²) in [6, 6.07) is 0. The van der Waals surface area contributed by atoms with E-state index < -0.39 is 0 Å². The van der Waals surface area contributed by atoms with Crippen LogP contribution < -0.4 is 5.32 Å². The molecule has 2 rings (SSSR count). The number of nitrogens with zero attached hydrogens (tertiary/aromatic N) is 4. The van der Waals surface area contributed by atoms with E-state index in [2.05, 4.69) is 34.3 Å². The maximum atomic E-state index is 4.24. The van der Waals surface area contributed by atoms with Crippen LogP contribution in [0.2, 0.25) is 0 Å². The summed E-state index contributed by atoms with van der Waals surface area (Å²) in [5.41, 5.74) is 0.779. The van der Waals surface area contributed by atoms with Gasteiger partial charge in [-0.3, -0.25) is 4.40 Å². The van der Waals surface area contributed by atoms with Gasteiger partial charge in [-0.25, -0.2) is 4.98 Å². The zero-order valence-electron chi connectivity index (χ0n) is 9.01. The third-order valence-electron chi connectivity index (χ3n) is 2.23. The molecule has 0 amide bonds. The van der Waals surface area contributed by atoms with E-state index in [1.165, 1.54) is 0 Å². The van der Waals surface area contributed by atoms with Crippen LogP contribution in [-0.2, 0) is 0 Å². The lowest BCUT2D eigenvalue weighted by atomic mass is 10.1. The molecule has 2 heterocycles. The van der Waals surface area contributed by atoms with Crippen molar-refractivity contribution in [1.29, 1.82) is 0 Å². The first-order valence-corrected chi connectivity index (χ1v) is 5.15. The van der Waals surface area contributed by atoms with Crippen LogP contribution in [0.3, 0.4) is 0 Å². The highest BCUT2D eigenvalue weighted by molar-refractivity contribution is 5.61. The number of fused-ring (bicyclic) bond motifs is 1. The number of nitrogens with one attached hydrogen (secondary N) is 1. The first kappa shape index (κ1) is 9.89. The van der Waals surface area contributed by atoms with Gasteiger partial charge in [0.05, 0.1) is 0 Å². The van der Waals surface area contributed by atoms with Crippen molar-refractivity contribution in [2.24, 2.45) is 5.92 Å². The van der Waals surface area contributed by atoms with Crippen molar-refractivity contribution in [3.8, 4) is 0 Å². The largest absolute Gasteiger partial charge is 0.367 e. The Kier molecular flexibility index (Phi) is 2.80. The summed E-state index contributed by atoms with van der Waals surface area (Å²) in [6.07, 6.45) is 6.37. The highest BCUT2D eigenvalue weighted by Crippen LogP contribution is 2.10. The monoisotopic (exact) mass is 205 g/mol. The van der Waals surface area contributed by atoms with E-state index in [1.807, 2.05) is 10.6 Å². The van der Waals surface area contributed by atoms with Crippen LogP contribution in [0.25, 0.3) is 5.65 Å². The molecule has 2 aromatic heterocycles. The Morgan fingerprint density at radius 2 is 2.33 bits per heavy atom. The molecule has 5 heteroatoms. The Morgan fingerprint density at radius 1 is 1.47 bits per heavy atom. The lowest BCUT2D eigenvalue weighted by Gasteiger charge is -2.07. The molecule has 0 aliphatic rings. The summed E-state index contributed by atoms with van der Waals surface area (Å²) in [5, 5.41) is 11.1. The summed E-state index contributed by atoms with van der Waals surface area (Å²) in [7, 11) is 0. The molecule has 0 unspecified atom stereocenters. The molecule has 15 heavy (non-hydrogen) atoms. The van der Waals surface area contributed by atoms with Crippen molar-refractivity contribution in [1.82, 2.24) is 19.6 Å². The van der Waals surface area contributed by atoms with Gasteiger partial charge in [0, 0.05) is 18.9 Å². The minimum Gasteiger partial charge on any atom is -0.367 e. The molecule has 0 radical (unpaired) electrons. The van der Waals surface area contributed by atoms with Crippen molar-refractivity contribution >= 4 is 11.5 Å². The molecule has 0 fully saturated rings. The van der Waals surface area contributed by atoms with Gasteiger partial charge in [-0.1, -0.05) is 13.8 Å². The fourth-order valence-corrected chi connectivity index (χ4v) is 1.36. The third-order valence-corrected chi connectivity index (χ3v) is 2.23. The Hall–Kier alpha value is -1.65. The number of hydrogen-bond acceptors (Lipinski definition) is 4. The van der Waals surface area contributed by atoms with Crippen LogP contribution in [-0.4, -0.2) is 26.1 Å². The lowest BCUT2D eigenvalue weighted by molar-refractivity contribution is 0.606. The first-order chi connectivity index (χ1) is 7.27. The second kappa shape index (κ2) is 4.25. The Bertz CT molecular complexity index is 434. The molecule has 0 bridgehead atoms. The zero-order valence-corrected chi connectivity index (χ0v) is 9.01. The predicted molar refractivity (Wildman–Crippen MR) is 58.7 cm³/mol. The maximum Gasteiger partial charge on any atom is 0.203 e. The number of anilines is 1. The molecule has 0 aliphatic carbocycles. The van der Waals surface area contributed by atoms with Gasteiger partial charge in [-0.05, 0) is 12.3 Å². The van der Waals surface area contributed by atoms with E-state index in [0.29, 0.717) is 5.92 Å².